The van der Waals surface area contributed by atoms with E-state index in [0.29, 0.717) is 6.42 Å². The van der Waals surface area contributed by atoms with Crippen molar-refractivity contribution in [2.45, 2.75) is 24.9 Å². The molecule has 1 rings (SSSR count). The first-order chi connectivity index (χ1) is 8.38. The van der Waals surface area contributed by atoms with E-state index in [0.717, 1.165) is 6.07 Å². The number of rotatable bonds is 5. The molecular formula is C12H13ClF3NO. The minimum Gasteiger partial charge on any atom is -0.369 e. The van der Waals surface area contributed by atoms with Gasteiger partial charge in [0.05, 0.1) is 11.5 Å². The fraction of sp³-hybridized carbons (Fsp3) is 0.417. The normalized spacial score (nSPS) is 13.3. The highest BCUT2D eigenvalue weighted by Gasteiger charge is 2.35. The molecule has 2 nitrogen and oxygen atoms in total. The molecule has 0 aliphatic rings. The molecule has 0 bridgehead atoms. The molecule has 1 atom stereocenters. The average Bonchev–Trinajstić information content (AvgIpc) is 2.28. The van der Waals surface area contributed by atoms with E-state index in [-0.39, 0.29) is 17.9 Å². The van der Waals surface area contributed by atoms with Crippen molar-refractivity contribution in [1.82, 2.24) is 0 Å². The zero-order valence-electron chi connectivity index (χ0n) is 9.51. The third kappa shape index (κ3) is 3.63. The van der Waals surface area contributed by atoms with Crippen molar-refractivity contribution in [3.63, 3.8) is 0 Å². The molecule has 0 aliphatic carbocycles. The second kappa shape index (κ2) is 6.09. The number of halogens is 4. The summed E-state index contributed by atoms with van der Waals surface area (Å²) in [5, 5.41) is 0. The molecule has 0 heterocycles. The third-order valence-corrected chi connectivity index (χ3v) is 2.88. The molecule has 0 fully saturated rings. The Morgan fingerprint density at radius 3 is 2.44 bits per heavy atom. The predicted octanol–water partition coefficient (Wildman–Crippen LogP) is 3.29. The van der Waals surface area contributed by atoms with E-state index in [9.17, 15) is 18.0 Å². The molecule has 100 valence electrons. The van der Waals surface area contributed by atoms with Crippen LogP contribution in [0.4, 0.5) is 13.2 Å². The highest BCUT2D eigenvalue weighted by atomic mass is 35.5. The van der Waals surface area contributed by atoms with Crippen molar-refractivity contribution in [3.8, 4) is 0 Å². The molecule has 6 heteroatoms. The standard InChI is InChI=1S/C12H13ClF3NO/c13-7-3-5-9(11(17)18)8-4-1-2-6-10(8)12(14,15)16/h1-2,4,6,9H,3,5,7H2,(H2,17,18). The van der Waals surface area contributed by atoms with Gasteiger partial charge in [-0.05, 0) is 24.5 Å². The van der Waals surface area contributed by atoms with Gasteiger partial charge in [0.15, 0.2) is 0 Å². The fourth-order valence-electron chi connectivity index (χ4n) is 1.79. The number of carbonyl (C=O) groups is 1. The molecule has 1 unspecified atom stereocenters. The van der Waals surface area contributed by atoms with Gasteiger partial charge in [0.2, 0.25) is 5.91 Å². The van der Waals surface area contributed by atoms with Crippen molar-refractivity contribution < 1.29 is 18.0 Å². The van der Waals surface area contributed by atoms with E-state index in [4.69, 9.17) is 17.3 Å². The molecular weight excluding hydrogens is 267 g/mol. The summed E-state index contributed by atoms with van der Waals surface area (Å²) in [4.78, 5) is 11.3. The number of alkyl halides is 4. The van der Waals surface area contributed by atoms with Gasteiger partial charge in [-0.3, -0.25) is 4.79 Å². The summed E-state index contributed by atoms with van der Waals surface area (Å²) in [5.74, 6) is -1.45. The average molecular weight is 280 g/mol. The minimum atomic E-state index is -4.49. The molecule has 0 saturated heterocycles. The number of benzene rings is 1. The number of primary amides is 1. The van der Waals surface area contributed by atoms with Crippen molar-refractivity contribution in [2.75, 3.05) is 5.88 Å². The largest absolute Gasteiger partial charge is 0.416 e. The van der Waals surface area contributed by atoms with Gasteiger partial charge < -0.3 is 5.73 Å². The summed E-state index contributed by atoms with van der Waals surface area (Å²) in [6.45, 7) is 0. The van der Waals surface area contributed by atoms with Crippen molar-refractivity contribution >= 4 is 17.5 Å². The molecule has 0 saturated carbocycles. The highest BCUT2D eigenvalue weighted by molar-refractivity contribution is 6.17. The Labute approximate surface area is 108 Å². The second-order valence-corrected chi connectivity index (χ2v) is 4.25. The Balaban J connectivity index is 3.16. The first-order valence-electron chi connectivity index (χ1n) is 5.39. The zero-order valence-corrected chi connectivity index (χ0v) is 10.3. The topological polar surface area (TPSA) is 43.1 Å². The first-order valence-corrected chi connectivity index (χ1v) is 5.92. The van der Waals surface area contributed by atoms with Gasteiger partial charge in [0, 0.05) is 5.88 Å². The monoisotopic (exact) mass is 279 g/mol. The Morgan fingerprint density at radius 2 is 1.94 bits per heavy atom. The fourth-order valence-corrected chi connectivity index (χ4v) is 1.95. The van der Waals surface area contributed by atoms with Crippen LogP contribution in [-0.2, 0) is 11.0 Å². The molecule has 1 amide bonds. The van der Waals surface area contributed by atoms with Gasteiger partial charge >= 0.3 is 6.18 Å². The second-order valence-electron chi connectivity index (χ2n) is 3.87. The van der Waals surface area contributed by atoms with Crippen LogP contribution >= 0.6 is 11.6 Å². The summed E-state index contributed by atoms with van der Waals surface area (Å²) in [5.41, 5.74) is 4.28. The van der Waals surface area contributed by atoms with Crippen molar-refractivity contribution in [3.05, 3.63) is 35.4 Å². The van der Waals surface area contributed by atoms with Crippen LogP contribution in [0.3, 0.4) is 0 Å². The van der Waals surface area contributed by atoms with E-state index >= 15 is 0 Å². The van der Waals surface area contributed by atoms with E-state index in [1.54, 1.807) is 0 Å². The quantitative estimate of drug-likeness (QED) is 0.826. The molecule has 0 aliphatic heterocycles. The van der Waals surface area contributed by atoms with E-state index in [1.165, 1.54) is 18.2 Å². The van der Waals surface area contributed by atoms with Crippen LogP contribution in [0.2, 0.25) is 0 Å². The van der Waals surface area contributed by atoms with Crippen molar-refractivity contribution in [1.29, 1.82) is 0 Å². The lowest BCUT2D eigenvalue weighted by molar-refractivity contribution is -0.138. The summed E-state index contributed by atoms with van der Waals surface area (Å²) in [6, 6.07) is 4.98. The lowest BCUT2D eigenvalue weighted by atomic mass is 9.90. The molecule has 1 aromatic rings. The number of nitrogens with two attached hydrogens (primary N) is 1. The number of hydrogen-bond acceptors (Lipinski definition) is 1. The maximum Gasteiger partial charge on any atom is 0.416 e. The van der Waals surface area contributed by atoms with Crippen LogP contribution in [0, 0.1) is 0 Å². The Hall–Kier alpha value is -1.23. The van der Waals surface area contributed by atoms with Crippen LogP contribution in [0.5, 0.6) is 0 Å². The minimum absolute atomic E-state index is 0.0809. The SMILES string of the molecule is NC(=O)C(CCCCl)c1ccccc1C(F)(F)F. The van der Waals surface area contributed by atoms with Crippen LogP contribution in [0.1, 0.15) is 29.9 Å². The van der Waals surface area contributed by atoms with Crippen LogP contribution < -0.4 is 5.73 Å². The maximum atomic E-state index is 12.8. The third-order valence-electron chi connectivity index (χ3n) is 2.61. The van der Waals surface area contributed by atoms with E-state index in [2.05, 4.69) is 0 Å². The van der Waals surface area contributed by atoms with Gasteiger partial charge in [0.1, 0.15) is 0 Å². The van der Waals surface area contributed by atoms with Gasteiger partial charge in [-0.25, -0.2) is 0 Å². The Kier molecular flexibility index (Phi) is 5.02. The smallest absolute Gasteiger partial charge is 0.369 e. The van der Waals surface area contributed by atoms with Crippen LogP contribution in [0.15, 0.2) is 24.3 Å². The number of carbonyl (C=O) groups excluding carboxylic acids is 1. The van der Waals surface area contributed by atoms with Crippen molar-refractivity contribution in [2.24, 2.45) is 5.73 Å². The number of hydrogen-bond donors (Lipinski definition) is 1. The van der Waals surface area contributed by atoms with Gasteiger partial charge in [-0.2, -0.15) is 13.2 Å². The Morgan fingerprint density at radius 1 is 1.33 bits per heavy atom. The number of amides is 1. The van der Waals surface area contributed by atoms with Crippen LogP contribution in [0.25, 0.3) is 0 Å². The lowest BCUT2D eigenvalue weighted by Crippen LogP contribution is -2.24. The summed E-state index contributed by atoms with van der Waals surface area (Å²) in [7, 11) is 0. The van der Waals surface area contributed by atoms with E-state index < -0.39 is 23.6 Å². The van der Waals surface area contributed by atoms with Gasteiger partial charge in [-0.15, -0.1) is 11.6 Å². The summed E-state index contributed by atoms with van der Waals surface area (Å²) >= 11 is 5.49. The summed E-state index contributed by atoms with van der Waals surface area (Å²) < 4.78 is 38.4. The van der Waals surface area contributed by atoms with Gasteiger partial charge in [-0.1, -0.05) is 18.2 Å². The molecule has 0 aromatic heterocycles. The maximum absolute atomic E-state index is 12.8. The first kappa shape index (κ1) is 14.8. The zero-order chi connectivity index (χ0) is 13.8. The lowest BCUT2D eigenvalue weighted by Gasteiger charge is -2.18. The molecule has 0 radical (unpaired) electrons. The molecule has 18 heavy (non-hydrogen) atoms. The van der Waals surface area contributed by atoms with Gasteiger partial charge in [0.25, 0.3) is 0 Å². The predicted molar refractivity (Wildman–Crippen MR) is 63.3 cm³/mol. The molecule has 0 spiro atoms. The molecule has 1 aromatic carbocycles. The van der Waals surface area contributed by atoms with Crippen LogP contribution in [-0.4, -0.2) is 11.8 Å². The summed E-state index contributed by atoms with van der Waals surface area (Å²) in [6.07, 6.45) is -3.85. The highest BCUT2D eigenvalue weighted by Crippen LogP contribution is 2.36. The molecule has 2 N–H and O–H groups in total. The Bertz CT molecular complexity index is 420. The van der Waals surface area contributed by atoms with E-state index in [1.807, 2.05) is 0 Å².